The molecule has 0 aliphatic carbocycles. The third kappa shape index (κ3) is 3.42. The third-order valence-corrected chi connectivity index (χ3v) is 2.63. The molecule has 2 N–H and O–H groups in total. The molecule has 98 valence electrons. The van der Waals surface area contributed by atoms with Crippen molar-refractivity contribution in [2.75, 3.05) is 0 Å². The fraction of sp³-hybridized carbons (Fsp3) is 0.143. The summed E-state index contributed by atoms with van der Waals surface area (Å²) in [7, 11) is 0. The predicted molar refractivity (Wildman–Crippen MR) is 66.5 cm³/mol. The summed E-state index contributed by atoms with van der Waals surface area (Å²) in [5.74, 6) is -1.62. The average Bonchev–Trinajstić information content (AvgIpc) is 2.37. The first-order chi connectivity index (χ1) is 9.08. The van der Waals surface area contributed by atoms with E-state index in [2.05, 4.69) is 4.98 Å². The van der Waals surface area contributed by atoms with Crippen molar-refractivity contribution in [2.24, 2.45) is 5.73 Å². The van der Waals surface area contributed by atoms with Gasteiger partial charge in [-0.25, -0.2) is 8.78 Å². The molecule has 0 fully saturated rings. The lowest BCUT2D eigenvalue weighted by Gasteiger charge is -2.04. The van der Waals surface area contributed by atoms with E-state index in [0.717, 1.165) is 18.2 Å². The smallest absolute Gasteiger partial charge is 0.167 e. The van der Waals surface area contributed by atoms with Crippen LogP contribution in [0.2, 0.25) is 0 Å². The van der Waals surface area contributed by atoms with Crippen LogP contribution in [0.15, 0.2) is 36.5 Å². The first kappa shape index (κ1) is 13.3. The standard InChI is InChI=1S/C14H12F2N2O/c15-11-3-9(4-12(16)7-11)5-14(19)10-1-2-18-13(6-10)8-17/h1-4,6-7H,5,8,17H2. The van der Waals surface area contributed by atoms with Crippen molar-refractivity contribution in [3.8, 4) is 0 Å². The molecule has 0 atom stereocenters. The van der Waals surface area contributed by atoms with Gasteiger partial charge in [0.25, 0.3) is 0 Å². The van der Waals surface area contributed by atoms with Gasteiger partial charge in [0, 0.05) is 30.8 Å². The second-order valence-electron chi connectivity index (χ2n) is 4.12. The summed E-state index contributed by atoms with van der Waals surface area (Å²) < 4.78 is 26.0. The number of nitrogens with zero attached hydrogens (tertiary/aromatic N) is 1. The highest BCUT2D eigenvalue weighted by molar-refractivity contribution is 5.97. The largest absolute Gasteiger partial charge is 0.325 e. The SMILES string of the molecule is NCc1cc(C(=O)Cc2cc(F)cc(F)c2)ccn1. The Morgan fingerprint density at radius 3 is 2.47 bits per heavy atom. The third-order valence-electron chi connectivity index (χ3n) is 2.63. The van der Waals surface area contributed by atoms with Crippen LogP contribution >= 0.6 is 0 Å². The van der Waals surface area contributed by atoms with Gasteiger partial charge in [-0.15, -0.1) is 0 Å². The Balaban J connectivity index is 2.20. The Labute approximate surface area is 109 Å². The zero-order chi connectivity index (χ0) is 13.8. The minimum atomic E-state index is -0.694. The van der Waals surface area contributed by atoms with Gasteiger partial charge in [-0.3, -0.25) is 9.78 Å². The first-order valence-corrected chi connectivity index (χ1v) is 5.71. The zero-order valence-electron chi connectivity index (χ0n) is 10.1. The van der Waals surface area contributed by atoms with Gasteiger partial charge in [0.05, 0.1) is 5.69 Å². The number of carbonyl (C=O) groups is 1. The maximum Gasteiger partial charge on any atom is 0.167 e. The maximum absolute atomic E-state index is 13.0. The van der Waals surface area contributed by atoms with Gasteiger partial charge in [-0.1, -0.05) is 0 Å². The molecule has 0 spiro atoms. The lowest BCUT2D eigenvalue weighted by atomic mass is 10.0. The number of hydrogen-bond donors (Lipinski definition) is 1. The Morgan fingerprint density at radius 1 is 1.16 bits per heavy atom. The lowest BCUT2D eigenvalue weighted by Crippen LogP contribution is -2.07. The molecule has 1 heterocycles. The Hall–Kier alpha value is -2.14. The van der Waals surface area contributed by atoms with Crippen molar-refractivity contribution in [3.63, 3.8) is 0 Å². The molecule has 0 saturated heterocycles. The number of ketones is 1. The Morgan fingerprint density at radius 2 is 1.84 bits per heavy atom. The van der Waals surface area contributed by atoms with Crippen molar-refractivity contribution in [1.29, 1.82) is 0 Å². The monoisotopic (exact) mass is 262 g/mol. The second-order valence-corrected chi connectivity index (χ2v) is 4.12. The lowest BCUT2D eigenvalue weighted by molar-refractivity contribution is 0.0992. The van der Waals surface area contributed by atoms with Gasteiger partial charge in [-0.2, -0.15) is 0 Å². The molecule has 0 radical (unpaired) electrons. The zero-order valence-corrected chi connectivity index (χ0v) is 10.1. The van der Waals surface area contributed by atoms with Crippen molar-refractivity contribution in [3.05, 3.63) is 65.0 Å². The van der Waals surface area contributed by atoms with Crippen LogP contribution in [0.3, 0.4) is 0 Å². The van der Waals surface area contributed by atoms with E-state index >= 15 is 0 Å². The molecular formula is C14H12F2N2O. The molecule has 2 rings (SSSR count). The maximum atomic E-state index is 13.0. The fourth-order valence-corrected chi connectivity index (χ4v) is 1.76. The number of Topliss-reactive ketones (excluding diaryl/α,β-unsaturated/α-hetero) is 1. The van der Waals surface area contributed by atoms with Crippen molar-refractivity contribution >= 4 is 5.78 Å². The number of halogens is 2. The normalized spacial score (nSPS) is 10.5. The van der Waals surface area contributed by atoms with Gasteiger partial charge in [-0.05, 0) is 29.8 Å². The van der Waals surface area contributed by atoms with E-state index in [0.29, 0.717) is 16.8 Å². The molecule has 3 nitrogen and oxygen atoms in total. The highest BCUT2D eigenvalue weighted by Gasteiger charge is 2.10. The van der Waals surface area contributed by atoms with E-state index in [-0.39, 0.29) is 18.7 Å². The van der Waals surface area contributed by atoms with Crippen LogP contribution in [0.4, 0.5) is 8.78 Å². The van der Waals surface area contributed by atoms with E-state index < -0.39 is 11.6 Å². The molecule has 0 aliphatic rings. The number of nitrogens with two attached hydrogens (primary N) is 1. The molecule has 2 aromatic rings. The van der Waals surface area contributed by atoms with Crippen LogP contribution in [0.5, 0.6) is 0 Å². The summed E-state index contributed by atoms with van der Waals surface area (Å²) in [6, 6.07) is 6.19. The quantitative estimate of drug-likeness (QED) is 0.860. The highest BCUT2D eigenvalue weighted by Crippen LogP contribution is 2.12. The van der Waals surface area contributed by atoms with Crippen LogP contribution in [0.25, 0.3) is 0 Å². The number of rotatable bonds is 4. The van der Waals surface area contributed by atoms with E-state index in [9.17, 15) is 13.6 Å². The topological polar surface area (TPSA) is 56.0 Å². The molecule has 0 unspecified atom stereocenters. The minimum Gasteiger partial charge on any atom is -0.325 e. The van der Waals surface area contributed by atoms with Gasteiger partial charge in [0.15, 0.2) is 5.78 Å². The summed E-state index contributed by atoms with van der Waals surface area (Å²) in [6.07, 6.45) is 1.42. The first-order valence-electron chi connectivity index (χ1n) is 5.71. The van der Waals surface area contributed by atoms with E-state index in [1.807, 2.05) is 0 Å². The van der Waals surface area contributed by atoms with E-state index in [1.54, 1.807) is 12.1 Å². The van der Waals surface area contributed by atoms with Gasteiger partial charge >= 0.3 is 0 Å². The summed E-state index contributed by atoms with van der Waals surface area (Å²) in [5.41, 5.74) is 6.76. The average molecular weight is 262 g/mol. The van der Waals surface area contributed by atoms with Crippen LogP contribution in [-0.4, -0.2) is 10.8 Å². The number of pyridine rings is 1. The molecule has 1 aromatic carbocycles. The van der Waals surface area contributed by atoms with Crippen LogP contribution in [0, 0.1) is 11.6 Å². The number of hydrogen-bond acceptors (Lipinski definition) is 3. The Kier molecular flexibility index (Phi) is 3.97. The molecular weight excluding hydrogens is 250 g/mol. The Bertz CT molecular complexity index is 594. The molecule has 19 heavy (non-hydrogen) atoms. The molecule has 0 bridgehead atoms. The molecule has 1 aromatic heterocycles. The highest BCUT2D eigenvalue weighted by atomic mass is 19.1. The molecule has 0 aliphatic heterocycles. The fourth-order valence-electron chi connectivity index (χ4n) is 1.76. The van der Waals surface area contributed by atoms with Crippen molar-refractivity contribution < 1.29 is 13.6 Å². The van der Waals surface area contributed by atoms with Gasteiger partial charge < -0.3 is 5.73 Å². The van der Waals surface area contributed by atoms with Gasteiger partial charge in [0.2, 0.25) is 0 Å². The van der Waals surface area contributed by atoms with Crippen LogP contribution < -0.4 is 5.73 Å². The summed E-state index contributed by atoms with van der Waals surface area (Å²) in [4.78, 5) is 16.0. The van der Waals surface area contributed by atoms with E-state index in [1.165, 1.54) is 6.20 Å². The molecule has 5 heteroatoms. The summed E-state index contributed by atoms with van der Waals surface area (Å²) in [5, 5.41) is 0. The summed E-state index contributed by atoms with van der Waals surface area (Å²) in [6.45, 7) is 0.232. The molecule has 0 saturated carbocycles. The van der Waals surface area contributed by atoms with Crippen molar-refractivity contribution in [1.82, 2.24) is 4.98 Å². The number of benzene rings is 1. The van der Waals surface area contributed by atoms with Crippen LogP contribution in [0.1, 0.15) is 21.6 Å². The number of carbonyl (C=O) groups excluding carboxylic acids is 1. The van der Waals surface area contributed by atoms with Gasteiger partial charge in [0.1, 0.15) is 11.6 Å². The van der Waals surface area contributed by atoms with Crippen molar-refractivity contribution in [2.45, 2.75) is 13.0 Å². The van der Waals surface area contributed by atoms with E-state index in [4.69, 9.17) is 5.73 Å². The van der Waals surface area contributed by atoms with Crippen LogP contribution in [-0.2, 0) is 13.0 Å². The minimum absolute atomic E-state index is 0.0668. The predicted octanol–water partition coefficient (Wildman–Crippen LogP) is 2.24. The number of aromatic nitrogens is 1. The summed E-state index contributed by atoms with van der Waals surface area (Å²) >= 11 is 0. The molecule has 0 amide bonds. The second kappa shape index (κ2) is 5.67.